The second-order valence-corrected chi connectivity index (χ2v) is 9.47. The lowest BCUT2D eigenvalue weighted by Crippen LogP contribution is -2.56. The van der Waals surface area contributed by atoms with E-state index >= 15 is 4.39 Å². The number of hydrogen-bond acceptors (Lipinski definition) is 1. The van der Waals surface area contributed by atoms with Crippen molar-refractivity contribution in [1.29, 1.82) is 0 Å². The Morgan fingerprint density at radius 2 is 1.83 bits per heavy atom. The van der Waals surface area contributed by atoms with Crippen molar-refractivity contribution >= 4 is 5.78 Å². The van der Waals surface area contributed by atoms with E-state index in [1.54, 1.807) is 0 Å². The van der Waals surface area contributed by atoms with Gasteiger partial charge in [0.1, 0.15) is 6.17 Å². The molecule has 0 aliphatic heterocycles. The highest BCUT2D eigenvalue weighted by atomic mass is 19.1. The fraction of sp³-hybridized carbons (Fsp3) is 0.857. The molecule has 0 aromatic heterocycles. The molecule has 23 heavy (non-hydrogen) atoms. The maximum atomic E-state index is 15.1. The summed E-state index contributed by atoms with van der Waals surface area (Å²) in [5.74, 6) is 2.47. The summed E-state index contributed by atoms with van der Waals surface area (Å²) in [5.41, 5.74) is 1.54. The number of ketones is 1. The van der Waals surface area contributed by atoms with Crippen LogP contribution in [0, 0.1) is 34.5 Å². The van der Waals surface area contributed by atoms with Crippen LogP contribution in [-0.2, 0) is 4.79 Å². The van der Waals surface area contributed by atoms with E-state index < -0.39 is 6.17 Å². The molecule has 0 heterocycles. The Morgan fingerprint density at radius 3 is 2.61 bits per heavy atom. The van der Waals surface area contributed by atoms with E-state index in [4.69, 9.17) is 0 Å². The molecule has 0 aromatic carbocycles. The molecule has 4 aliphatic rings. The van der Waals surface area contributed by atoms with Crippen LogP contribution in [0.1, 0.15) is 72.1 Å². The molecule has 0 radical (unpaired) electrons. The van der Waals surface area contributed by atoms with Gasteiger partial charge in [0.15, 0.2) is 5.78 Å². The Bertz CT molecular complexity index is 552. The number of carbonyl (C=O) groups excluding carboxylic acids is 1. The van der Waals surface area contributed by atoms with Crippen LogP contribution in [-0.4, -0.2) is 12.0 Å². The largest absolute Gasteiger partial charge is 0.295 e. The van der Waals surface area contributed by atoms with Crippen LogP contribution < -0.4 is 0 Å². The van der Waals surface area contributed by atoms with E-state index in [0.29, 0.717) is 30.0 Å². The zero-order chi connectivity index (χ0) is 16.4. The van der Waals surface area contributed by atoms with Crippen LogP contribution in [0.4, 0.5) is 4.39 Å². The third kappa shape index (κ3) is 2.12. The molecule has 3 fully saturated rings. The van der Waals surface area contributed by atoms with E-state index in [0.717, 1.165) is 32.1 Å². The van der Waals surface area contributed by atoms with Crippen molar-refractivity contribution in [1.82, 2.24) is 0 Å². The second kappa shape index (κ2) is 5.17. The van der Waals surface area contributed by atoms with Crippen molar-refractivity contribution < 1.29 is 9.18 Å². The average molecular weight is 318 g/mol. The first-order valence-electron chi connectivity index (χ1n) is 9.74. The summed E-state index contributed by atoms with van der Waals surface area (Å²) in [6.45, 7) is 6.75. The lowest BCUT2D eigenvalue weighted by molar-refractivity contribution is -0.128. The molecule has 4 aliphatic carbocycles. The van der Waals surface area contributed by atoms with Crippen molar-refractivity contribution in [2.75, 3.05) is 0 Å². The first-order chi connectivity index (χ1) is 10.9. The van der Waals surface area contributed by atoms with Crippen molar-refractivity contribution in [3.05, 3.63) is 11.6 Å². The zero-order valence-electron chi connectivity index (χ0n) is 14.9. The molecule has 1 nitrogen and oxygen atoms in total. The summed E-state index contributed by atoms with van der Waals surface area (Å²) in [6, 6.07) is 0. The summed E-state index contributed by atoms with van der Waals surface area (Å²) < 4.78 is 15.1. The lowest BCUT2D eigenvalue weighted by atomic mass is 9.44. The van der Waals surface area contributed by atoms with Gasteiger partial charge >= 0.3 is 0 Å². The minimum atomic E-state index is -0.625. The van der Waals surface area contributed by atoms with Crippen molar-refractivity contribution in [2.45, 2.75) is 78.3 Å². The first-order valence-corrected chi connectivity index (χ1v) is 9.74. The summed E-state index contributed by atoms with van der Waals surface area (Å²) in [6.07, 6.45) is 9.81. The maximum Gasteiger partial charge on any atom is 0.155 e. The standard InChI is InChI=1S/C21H31FO/c1-13-4-7-17-16-6-5-14-12-15(23)8-10-20(14,2)18(16)9-11-21(17,3)19(13)22/h12-13,16-19H,4-11H2,1-3H3. The topological polar surface area (TPSA) is 17.1 Å². The van der Waals surface area contributed by atoms with Gasteiger partial charge in [0, 0.05) is 11.8 Å². The Kier molecular flexibility index (Phi) is 3.56. The number of fused-ring (bicyclic) bond motifs is 5. The average Bonchev–Trinajstić information content (AvgIpc) is 2.52. The SMILES string of the molecule is CC1CCC2C3CCC4=CC(=O)CCC4(C)C3CCC2(C)C1F. The third-order valence-corrected chi connectivity index (χ3v) is 8.46. The van der Waals surface area contributed by atoms with Crippen molar-refractivity contribution in [3.8, 4) is 0 Å². The quantitative estimate of drug-likeness (QED) is 0.577. The van der Waals surface area contributed by atoms with Gasteiger partial charge in [-0.05, 0) is 80.1 Å². The van der Waals surface area contributed by atoms with Gasteiger partial charge in [0.25, 0.3) is 0 Å². The summed E-state index contributed by atoms with van der Waals surface area (Å²) in [5, 5.41) is 0. The molecule has 0 aromatic rings. The Balaban J connectivity index is 1.67. The number of halogens is 1. The minimum Gasteiger partial charge on any atom is -0.295 e. The molecule has 7 atom stereocenters. The predicted octanol–water partition coefficient (Wildman–Crippen LogP) is 5.49. The van der Waals surface area contributed by atoms with Crippen LogP contribution in [0.2, 0.25) is 0 Å². The molecular weight excluding hydrogens is 287 g/mol. The number of allylic oxidation sites excluding steroid dienone is 2. The van der Waals surface area contributed by atoms with Crippen molar-refractivity contribution in [3.63, 3.8) is 0 Å². The Hall–Kier alpha value is -0.660. The molecule has 7 unspecified atom stereocenters. The highest BCUT2D eigenvalue weighted by Gasteiger charge is 2.58. The monoisotopic (exact) mass is 318 g/mol. The Labute approximate surface area is 140 Å². The summed E-state index contributed by atoms with van der Waals surface area (Å²) >= 11 is 0. The third-order valence-electron chi connectivity index (χ3n) is 8.46. The second-order valence-electron chi connectivity index (χ2n) is 9.47. The van der Waals surface area contributed by atoms with Crippen LogP contribution in [0.25, 0.3) is 0 Å². The normalized spacial score (nSPS) is 53.0. The van der Waals surface area contributed by atoms with Crippen LogP contribution in [0.3, 0.4) is 0 Å². The smallest absolute Gasteiger partial charge is 0.155 e. The Morgan fingerprint density at radius 1 is 1.04 bits per heavy atom. The predicted molar refractivity (Wildman–Crippen MR) is 90.8 cm³/mol. The van der Waals surface area contributed by atoms with Gasteiger partial charge in [-0.2, -0.15) is 0 Å². The van der Waals surface area contributed by atoms with Crippen LogP contribution in [0.5, 0.6) is 0 Å². The van der Waals surface area contributed by atoms with E-state index in [1.165, 1.54) is 18.4 Å². The number of hydrogen-bond donors (Lipinski definition) is 0. The van der Waals surface area contributed by atoms with Gasteiger partial charge in [0.2, 0.25) is 0 Å². The van der Waals surface area contributed by atoms with Crippen LogP contribution in [0.15, 0.2) is 11.6 Å². The van der Waals surface area contributed by atoms with E-state index in [9.17, 15) is 4.79 Å². The molecule has 0 spiro atoms. The first kappa shape index (κ1) is 15.8. The fourth-order valence-electron chi connectivity index (χ4n) is 7.03. The molecule has 0 amide bonds. The summed E-state index contributed by atoms with van der Waals surface area (Å²) in [7, 11) is 0. The molecule has 0 bridgehead atoms. The van der Waals surface area contributed by atoms with Gasteiger partial charge < -0.3 is 0 Å². The van der Waals surface area contributed by atoms with Gasteiger partial charge in [-0.25, -0.2) is 4.39 Å². The number of alkyl halides is 1. The van der Waals surface area contributed by atoms with Gasteiger partial charge in [-0.1, -0.05) is 26.3 Å². The molecule has 0 N–H and O–H groups in total. The van der Waals surface area contributed by atoms with Gasteiger partial charge in [0.05, 0.1) is 0 Å². The number of rotatable bonds is 0. The highest BCUT2D eigenvalue weighted by molar-refractivity contribution is 5.91. The maximum absolute atomic E-state index is 15.1. The molecule has 4 rings (SSSR count). The zero-order valence-corrected chi connectivity index (χ0v) is 14.9. The highest BCUT2D eigenvalue weighted by Crippen LogP contribution is 2.65. The van der Waals surface area contributed by atoms with Gasteiger partial charge in [-0.15, -0.1) is 0 Å². The van der Waals surface area contributed by atoms with Gasteiger partial charge in [-0.3, -0.25) is 4.79 Å². The van der Waals surface area contributed by atoms with Crippen molar-refractivity contribution in [2.24, 2.45) is 34.5 Å². The van der Waals surface area contributed by atoms with E-state index in [2.05, 4.69) is 20.8 Å². The number of carbonyl (C=O) groups is 1. The fourth-order valence-corrected chi connectivity index (χ4v) is 7.03. The minimum absolute atomic E-state index is 0.0963. The lowest BCUT2D eigenvalue weighted by Gasteiger charge is -2.61. The molecule has 3 saturated carbocycles. The van der Waals surface area contributed by atoms with E-state index in [1.807, 2.05) is 6.08 Å². The molecule has 2 heteroatoms. The van der Waals surface area contributed by atoms with Crippen LogP contribution >= 0.6 is 0 Å². The molecule has 128 valence electrons. The van der Waals surface area contributed by atoms with E-state index in [-0.39, 0.29) is 16.7 Å². The molecule has 0 saturated heterocycles. The summed E-state index contributed by atoms with van der Waals surface area (Å²) in [4.78, 5) is 11.9. The molecular formula is C21H31FO.